The monoisotopic (exact) mass is 316 g/mol. The molecule has 0 bridgehead atoms. The molecule has 2 aromatic rings. The molecule has 4 nitrogen and oxygen atoms in total. The summed E-state index contributed by atoms with van der Waals surface area (Å²) in [6.07, 6.45) is 3.93. The van der Waals surface area contributed by atoms with Gasteiger partial charge in [-0.05, 0) is 43.4 Å². The van der Waals surface area contributed by atoms with Crippen LogP contribution in [0.2, 0.25) is 0 Å². The molecule has 1 heterocycles. The fourth-order valence-electron chi connectivity index (χ4n) is 2.07. The SMILES string of the molecule is CSc1ccc(NC(=O)CCOc2c(C)cccc2C)cn1. The molecule has 0 aliphatic heterocycles. The maximum Gasteiger partial charge on any atom is 0.227 e. The van der Waals surface area contributed by atoms with Gasteiger partial charge in [-0.2, -0.15) is 0 Å². The lowest BCUT2D eigenvalue weighted by Crippen LogP contribution is -2.15. The van der Waals surface area contributed by atoms with Crippen LogP contribution in [0.15, 0.2) is 41.6 Å². The Morgan fingerprint density at radius 2 is 1.95 bits per heavy atom. The number of carbonyl (C=O) groups is 1. The van der Waals surface area contributed by atoms with Gasteiger partial charge in [0, 0.05) is 0 Å². The minimum Gasteiger partial charge on any atom is -0.493 e. The van der Waals surface area contributed by atoms with Crippen LogP contribution < -0.4 is 10.1 Å². The summed E-state index contributed by atoms with van der Waals surface area (Å²) < 4.78 is 5.73. The average molecular weight is 316 g/mol. The Morgan fingerprint density at radius 1 is 1.23 bits per heavy atom. The second-order valence-electron chi connectivity index (χ2n) is 4.96. The molecule has 116 valence electrons. The number of hydrogen-bond acceptors (Lipinski definition) is 4. The van der Waals surface area contributed by atoms with Crippen LogP contribution in [0.3, 0.4) is 0 Å². The lowest BCUT2D eigenvalue weighted by molar-refractivity contribution is -0.116. The third-order valence-electron chi connectivity index (χ3n) is 3.21. The molecule has 1 aromatic heterocycles. The molecule has 0 atom stereocenters. The Labute approximate surface area is 135 Å². The van der Waals surface area contributed by atoms with Gasteiger partial charge >= 0.3 is 0 Å². The van der Waals surface area contributed by atoms with Crippen molar-refractivity contribution in [3.05, 3.63) is 47.7 Å². The lowest BCUT2D eigenvalue weighted by atomic mass is 10.1. The van der Waals surface area contributed by atoms with Gasteiger partial charge in [0.15, 0.2) is 0 Å². The van der Waals surface area contributed by atoms with Gasteiger partial charge in [0.2, 0.25) is 5.91 Å². The van der Waals surface area contributed by atoms with Crippen LogP contribution in [0, 0.1) is 13.8 Å². The number of nitrogens with zero attached hydrogens (tertiary/aromatic N) is 1. The molecule has 0 unspecified atom stereocenters. The standard InChI is InChI=1S/C17H20N2O2S/c1-12-5-4-6-13(2)17(12)21-10-9-15(20)19-14-7-8-16(22-3)18-11-14/h4-8,11H,9-10H2,1-3H3,(H,19,20). The van der Waals surface area contributed by atoms with E-state index in [9.17, 15) is 4.79 Å². The fourth-order valence-corrected chi connectivity index (χ4v) is 2.43. The third kappa shape index (κ3) is 4.49. The highest BCUT2D eigenvalue weighted by molar-refractivity contribution is 7.98. The Kier molecular flexibility index (Phi) is 5.83. The van der Waals surface area contributed by atoms with Crippen molar-refractivity contribution in [3.8, 4) is 5.75 Å². The molecule has 22 heavy (non-hydrogen) atoms. The molecule has 0 radical (unpaired) electrons. The first-order valence-corrected chi connectivity index (χ1v) is 8.31. The highest BCUT2D eigenvalue weighted by atomic mass is 32.2. The second kappa shape index (κ2) is 7.84. The van der Waals surface area contributed by atoms with E-state index in [1.807, 2.05) is 50.4 Å². The number of para-hydroxylation sites is 1. The minimum absolute atomic E-state index is 0.0788. The Hall–Kier alpha value is -2.01. The molecule has 1 amide bonds. The van der Waals surface area contributed by atoms with Gasteiger partial charge < -0.3 is 10.1 Å². The van der Waals surface area contributed by atoms with E-state index >= 15 is 0 Å². The summed E-state index contributed by atoms with van der Waals surface area (Å²) in [6.45, 7) is 4.36. The van der Waals surface area contributed by atoms with Crippen LogP contribution in [0.5, 0.6) is 5.75 Å². The van der Waals surface area contributed by atoms with Crippen LogP contribution in [0.25, 0.3) is 0 Å². The number of nitrogens with one attached hydrogen (secondary N) is 1. The number of aryl methyl sites for hydroxylation is 2. The summed E-state index contributed by atoms with van der Waals surface area (Å²) in [5.41, 5.74) is 2.87. The van der Waals surface area contributed by atoms with Crippen LogP contribution >= 0.6 is 11.8 Å². The van der Waals surface area contributed by atoms with Crippen LogP contribution in [0.4, 0.5) is 5.69 Å². The number of amides is 1. The van der Waals surface area contributed by atoms with Crippen molar-refractivity contribution in [3.63, 3.8) is 0 Å². The van der Waals surface area contributed by atoms with Crippen molar-refractivity contribution in [2.75, 3.05) is 18.2 Å². The molecule has 5 heteroatoms. The molecular formula is C17H20N2O2S. The highest BCUT2D eigenvalue weighted by Crippen LogP contribution is 2.22. The summed E-state index contributed by atoms with van der Waals surface area (Å²) in [6, 6.07) is 9.73. The number of ether oxygens (including phenoxy) is 1. The topological polar surface area (TPSA) is 51.2 Å². The smallest absolute Gasteiger partial charge is 0.227 e. The molecule has 0 fully saturated rings. The Bertz CT molecular complexity index is 621. The molecule has 1 N–H and O–H groups in total. The normalized spacial score (nSPS) is 10.3. The van der Waals surface area contributed by atoms with Gasteiger partial charge in [-0.25, -0.2) is 4.98 Å². The van der Waals surface area contributed by atoms with Crippen LogP contribution in [-0.2, 0) is 4.79 Å². The van der Waals surface area contributed by atoms with E-state index in [2.05, 4.69) is 10.3 Å². The minimum atomic E-state index is -0.0788. The van der Waals surface area contributed by atoms with E-state index in [-0.39, 0.29) is 5.91 Å². The van der Waals surface area contributed by atoms with Gasteiger partial charge in [0.05, 0.1) is 29.9 Å². The number of aromatic nitrogens is 1. The first kappa shape index (κ1) is 16.4. The second-order valence-corrected chi connectivity index (χ2v) is 5.78. The number of hydrogen-bond donors (Lipinski definition) is 1. The van der Waals surface area contributed by atoms with Crippen molar-refractivity contribution in [1.82, 2.24) is 4.98 Å². The predicted octanol–water partition coefficient (Wildman–Crippen LogP) is 3.83. The van der Waals surface area contributed by atoms with Gasteiger partial charge in [-0.15, -0.1) is 11.8 Å². The van der Waals surface area contributed by atoms with Gasteiger partial charge in [0.1, 0.15) is 5.75 Å². The van der Waals surface area contributed by atoms with E-state index in [0.29, 0.717) is 18.7 Å². The number of pyridine rings is 1. The van der Waals surface area contributed by atoms with E-state index in [4.69, 9.17) is 4.74 Å². The molecule has 0 spiro atoms. The largest absolute Gasteiger partial charge is 0.493 e. The summed E-state index contributed by atoms with van der Waals surface area (Å²) in [5, 5.41) is 3.75. The number of carbonyl (C=O) groups excluding carboxylic acids is 1. The quantitative estimate of drug-likeness (QED) is 0.823. The van der Waals surface area contributed by atoms with E-state index in [0.717, 1.165) is 21.9 Å². The van der Waals surface area contributed by atoms with Crippen molar-refractivity contribution in [2.24, 2.45) is 0 Å². The highest BCUT2D eigenvalue weighted by Gasteiger charge is 2.06. The van der Waals surface area contributed by atoms with E-state index in [1.54, 1.807) is 18.0 Å². The zero-order valence-corrected chi connectivity index (χ0v) is 13.9. The molecule has 0 aliphatic rings. The van der Waals surface area contributed by atoms with Gasteiger partial charge in [0.25, 0.3) is 0 Å². The van der Waals surface area contributed by atoms with E-state index in [1.165, 1.54) is 0 Å². The van der Waals surface area contributed by atoms with Gasteiger partial charge in [-0.3, -0.25) is 4.79 Å². The van der Waals surface area contributed by atoms with Crippen molar-refractivity contribution < 1.29 is 9.53 Å². The van der Waals surface area contributed by atoms with Gasteiger partial charge in [-0.1, -0.05) is 18.2 Å². The van der Waals surface area contributed by atoms with Crippen molar-refractivity contribution >= 4 is 23.4 Å². The van der Waals surface area contributed by atoms with Crippen molar-refractivity contribution in [1.29, 1.82) is 0 Å². The number of thioether (sulfide) groups is 1. The Morgan fingerprint density at radius 3 is 2.55 bits per heavy atom. The van der Waals surface area contributed by atoms with Crippen LogP contribution in [0.1, 0.15) is 17.5 Å². The zero-order valence-electron chi connectivity index (χ0n) is 13.1. The molecule has 0 saturated heterocycles. The molecule has 1 aromatic carbocycles. The lowest BCUT2D eigenvalue weighted by Gasteiger charge is -2.12. The van der Waals surface area contributed by atoms with Crippen molar-refractivity contribution in [2.45, 2.75) is 25.3 Å². The summed E-state index contributed by atoms with van der Waals surface area (Å²) in [7, 11) is 0. The molecule has 2 rings (SSSR count). The van der Waals surface area contributed by atoms with E-state index < -0.39 is 0 Å². The molecular weight excluding hydrogens is 296 g/mol. The fraction of sp³-hybridized carbons (Fsp3) is 0.294. The molecule has 0 aliphatic carbocycles. The summed E-state index contributed by atoms with van der Waals surface area (Å²) >= 11 is 1.57. The number of benzene rings is 1. The Balaban J connectivity index is 1.82. The number of anilines is 1. The third-order valence-corrected chi connectivity index (χ3v) is 3.87. The van der Waals surface area contributed by atoms with Crippen LogP contribution in [-0.4, -0.2) is 23.8 Å². The maximum atomic E-state index is 11.9. The maximum absolute atomic E-state index is 11.9. The first-order valence-electron chi connectivity index (χ1n) is 7.09. The first-order chi connectivity index (χ1) is 10.6. The summed E-state index contributed by atoms with van der Waals surface area (Å²) in [4.78, 5) is 16.1. The number of rotatable bonds is 6. The predicted molar refractivity (Wildman–Crippen MR) is 90.7 cm³/mol. The summed E-state index contributed by atoms with van der Waals surface area (Å²) in [5.74, 6) is 0.784. The molecule has 0 saturated carbocycles. The zero-order chi connectivity index (χ0) is 15.9. The average Bonchev–Trinajstić information content (AvgIpc) is 2.51.